The average molecular weight is 359 g/mol. The van der Waals surface area contributed by atoms with Crippen molar-refractivity contribution >= 4 is 17.6 Å². The number of ether oxygens (including phenoxy) is 2. The minimum absolute atomic E-state index is 0.760. The van der Waals surface area contributed by atoms with Crippen molar-refractivity contribution in [3.63, 3.8) is 0 Å². The van der Waals surface area contributed by atoms with Crippen molar-refractivity contribution in [2.75, 3.05) is 14.1 Å². The molecule has 1 N–H and O–H groups in total. The Morgan fingerprint density at radius 3 is 2.20 bits per heavy atom. The number of carbonyl (C=O) groups is 2. The Morgan fingerprint density at radius 1 is 1.16 bits per heavy atom. The van der Waals surface area contributed by atoms with Crippen LogP contribution in [0.4, 0.5) is 5.69 Å². The average Bonchev–Trinajstić information content (AvgIpc) is 2.68. The number of para-hydroxylation sites is 1. The zero-order chi connectivity index (χ0) is 29.6. The van der Waals surface area contributed by atoms with Crippen LogP contribution in [0.1, 0.15) is 43.0 Å². The lowest BCUT2D eigenvalue weighted by atomic mass is 9.79. The largest absolute Gasteiger partial charge is 0.466 e. The maximum absolute atomic E-state index is 13.1. The second-order valence-corrected chi connectivity index (χ2v) is 4.55. The van der Waals surface area contributed by atoms with E-state index in [0.29, 0.717) is 0 Å². The van der Waals surface area contributed by atoms with Crippen LogP contribution in [0.15, 0.2) is 46.8 Å². The minimum Gasteiger partial charge on any atom is -0.466 e. The molecule has 0 saturated carbocycles. The van der Waals surface area contributed by atoms with E-state index in [2.05, 4.69) is 9.47 Å². The van der Waals surface area contributed by atoms with Crippen molar-refractivity contribution in [2.45, 2.75) is 19.6 Å². The van der Waals surface area contributed by atoms with Crippen LogP contribution in [0.2, 0.25) is 0 Å². The van der Waals surface area contributed by atoms with Gasteiger partial charge in [0.2, 0.25) is 0 Å². The van der Waals surface area contributed by atoms with Crippen LogP contribution >= 0.6 is 0 Å². The Kier molecular flexibility index (Phi) is 2.12. The number of carbonyl (C=O) groups excluding carboxylic acids is 2. The van der Waals surface area contributed by atoms with Gasteiger partial charge in [-0.15, -0.1) is 0 Å². The molecule has 0 unspecified atom stereocenters. The van der Waals surface area contributed by atoms with Gasteiger partial charge in [0.25, 0.3) is 5.69 Å². The molecule has 0 bridgehead atoms. The number of rotatable bonds is 4. The van der Waals surface area contributed by atoms with E-state index in [4.69, 9.17) is 16.4 Å². The van der Waals surface area contributed by atoms with Gasteiger partial charge in [-0.3, -0.25) is 10.1 Å². The van der Waals surface area contributed by atoms with Crippen LogP contribution < -0.4 is 5.32 Å². The Bertz CT molecular complexity index is 1160. The number of hydrogen-bond acceptors (Lipinski definition) is 7. The predicted octanol–water partition coefficient (Wildman–Crippen LogP) is 2.18. The number of nitrogens with one attached hydrogen (secondary N) is 1. The molecule has 132 valence electrons. The highest BCUT2D eigenvalue weighted by atomic mass is 16.6. The fourth-order valence-corrected chi connectivity index (χ4v) is 2.25. The van der Waals surface area contributed by atoms with Crippen molar-refractivity contribution in [1.82, 2.24) is 5.32 Å². The second-order valence-electron chi connectivity index (χ2n) is 4.55. The molecule has 0 fully saturated rings. The zero-order valence-corrected chi connectivity index (χ0v) is 12.2. The molecule has 0 aliphatic carbocycles. The quantitative estimate of drug-likeness (QED) is 0.498. The minimum atomic E-state index is -3.57. The van der Waals surface area contributed by atoms with Crippen LogP contribution in [-0.4, -0.2) is 30.9 Å². The first kappa shape index (κ1) is 7.38. The summed E-state index contributed by atoms with van der Waals surface area (Å²) in [7, 11) is -7.14. The number of nitro benzene ring substituents is 1. The molecule has 0 amide bonds. The van der Waals surface area contributed by atoms with Crippen molar-refractivity contribution < 1.29 is 41.8 Å². The molecule has 1 heterocycles. The van der Waals surface area contributed by atoms with Gasteiger partial charge in [0.15, 0.2) is 0 Å². The molecular weight excluding hydrogens is 328 g/mol. The first-order valence-electron chi connectivity index (χ1n) is 12.9. The van der Waals surface area contributed by atoms with E-state index in [1.807, 2.05) is 5.32 Å². The van der Waals surface area contributed by atoms with Crippen molar-refractivity contribution in [2.24, 2.45) is 0 Å². The van der Waals surface area contributed by atoms with Crippen LogP contribution in [-0.2, 0) is 19.1 Å². The summed E-state index contributed by atoms with van der Waals surface area (Å²) in [5, 5.41) is 13.6. The van der Waals surface area contributed by atoms with Crippen LogP contribution in [0, 0.1) is 10.1 Å². The lowest BCUT2D eigenvalue weighted by Gasteiger charge is -2.29. The summed E-state index contributed by atoms with van der Waals surface area (Å²) < 4.78 is 108. The molecule has 1 aromatic rings. The van der Waals surface area contributed by atoms with Crippen LogP contribution in [0.3, 0.4) is 0 Å². The smallest absolute Gasteiger partial charge is 0.336 e. The lowest BCUT2D eigenvalue weighted by molar-refractivity contribution is -0.385. The molecule has 8 heteroatoms. The third-order valence-electron chi connectivity index (χ3n) is 3.21. The molecule has 0 saturated heterocycles. The van der Waals surface area contributed by atoms with Gasteiger partial charge < -0.3 is 14.8 Å². The summed E-state index contributed by atoms with van der Waals surface area (Å²) >= 11 is 0. The topological polar surface area (TPSA) is 108 Å². The Hall–Kier alpha value is -3.16. The summed E-state index contributed by atoms with van der Waals surface area (Å²) in [6, 6.07) is 3.65. The summed E-state index contributed by atoms with van der Waals surface area (Å²) in [6.07, 6.45) is 0. The molecule has 0 aromatic heterocycles. The summed E-state index contributed by atoms with van der Waals surface area (Å²) in [4.78, 5) is 36.9. The van der Waals surface area contributed by atoms with Crippen LogP contribution in [0.25, 0.3) is 0 Å². The number of nitrogens with zero attached hydrogens (tertiary/aromatic N) is 1. The summed E-state index contributed by atoms with van der Waals surface area (Å²) in [5.41, 5.74) is -7.95. The maximum atomic E-state index is 13.1. The third kappa shape index (κ3) is 3.23. The van der Waals surface area contributed by atoms with Crippen molar-refractivity contribution in [3.05, 3.63) is 62.5 Å². The van der Waals surface area contributed by atoms with Gasteiger partial charge in [-0.2, -0.15) is 0 Å². The van der Waals surface area contributed by atoms with Gasteiger partial charge in [-0.05, 0) is 13.7 Å². The van der Waals surface area contributed by atoms with E-state index < -0.39 is 84.3 Å². The first-order valence-corrected chi connectivity index (χ1v) is 6.39. The number of allylic oxidation sites excluding steroid dienone is 2. The fraction of sp³-hybridized carbons (Fsp3) is 0.294. The molecule has 1 aliphatic rings. The predicted molar refractivity (Wildman–Crippen MR) is 88.4 cm³/mol. The fourth-order valence-electron chi connectivity index (χ4n) is 2.25. The Balaban J connectivity index is 3.23. The SMILES string of the molecule is [2H]C([2H])([2H])OC(=O)C1=C(C([2H])([2H])[2H])NC(C([2H])([2H])[2H])=C(C(=O)OC([2H])([2H])[2H])C1([2H])c1ccccc1[N+](=O)[O-]. The molecule has 8 nitrogen and oxygen atoms in total. The standard InChI is InChI=1S/C17H18N2O6/c1-9-13(16(20)24-3)15(14(10(2)18-9)17(21)25-4)11-7-5-6-8-12(11)19(22)23/h5-8,15,18H,1-4H3/i1D3,2D3,3D3,4D3,15D. The van der Waals surface area contributed by atoms with Crippen molar-refractivity contribution in [3.8, 4) is 0 Å². The van der Waals surface area contributed by atoms with E-state index in [1.54, 1.807) is 0 Å². The highest BCUT2D eigenvalue weighted by Crippen LogP contribution is 2.42. The van der Waals surface area contributed by atoms with Gasteiger partial charge in [0.1, 0.15) is 0 Å². The number of benzene rings is 1. The van der Waals surface area contributed by atoms with E-state index in [1.165, 1.54) is 0 Å². The lowest BCUT2D eigenvalue weighted by Crippen LogP contribution is -2.32. The van der Waals surface area contributed by atoms with E-state index in [9.17, 15) is 21.1 Å². The van der Waals surface area contributed by atoms with Gasteiger partial charge in [-0.25, -0.2) is 9.59 Å². The molecule has 0 spiro atoms. The van der Waals surface area contributed by atoms with Crippen molar-refractivity contribution in [1.29, 1.82) is 0 Å². The summed E-state index contributed by atoms with van der Waals surface area (Å²) in [5.74, 6) is -7.74. The van der Waals surface area contributed by atoms with E-state index in [-0.39, 0.29) is 0 Å². The molecule has 0 atom stereocenters. The monoisotopic (exact) mass is 359 g/mol. The number of esters is 2. The number of nitro groups is 1. The Morgan fingerprint density at radius 2 is 1.72 bits per heavy atom. The highest BCUT2D eigenvalue weighted by Gasteiger charge is 2.40. The molecule has 2 rings (SSSR count). The van der Waals surface area contributed by atoms with Gasteiger partial charge in [0.05, 0.1) is 44.3 Å². The molecule has 0 radical (unpaired) electrons. The van der Waals surface area contributed by atoms with Gasteiger partial charge in [-0.1, -0.05) is 18.2 Å². The van der Waals surface area contributed by atoms with Crippen LogP contribution in [0.5, 0.6) is 0 Å². The zero-order valence-electron chi connectivity index (χ0n) is 25.2. The van der Waals surface area contributed by atoms with Gasteiger partial charge in [0, 0.05) is 32.6 Å². The normalized spacial score (nSPS) is 25.8. The summed E-state index contributed by atoms with van der Waals surface area (Å²) in [6.45, 7) is -7.07. The molecule has 1 aromatic carbocycles. The highest BCUT2D eigenvalue weighted by molar-refractivity contribution is 6.00. The molecule has 1 aliphatic heterocycles. The number of methoxy groups -OCH3 is 2. The molecular formula is C17H18N2O6. The van der Waals surface area contributed by atoms with E-state index >= 15 is 0 Å². The Labute approximate surface area is 162 Å². The van der Waals surface area contributed by atoms with Gasteiger partial charge >= 0.3 is 11.9 Å². The number of dihydropyridines is 1. The molecule has 25 heavy (non-hydrogen) atoms. The maximum Gasteiger partial charge on any atom is 0.336 e. The third-order valence-corrected chi connectivity index (χ3v) is 3.21. The number of hydrogen-bond donors (Lipinski definition) is 1. The second kappa shape index (κ2) is 7.16. The first-order chi connectivity index (χ1) is 16.9. The van der Waals surface area contributed by atoms with E-state index in [0.717, 1.165) is 24.3 Å².